The van der Waals surface area contributed by atoms with E-state index in [4.69, 9.17) is 0 Å². The molecule has 0 aliphatic rings. The molecule has 0 fully saturated rings. The predicted molar refractivity (Wildman–Crippen MR) is 80.9 cm³/mol. The minimum Gasteiger partial charge on any atom is -0.334 e. The number of carbonyl (C=O) groups excluding carboxylic acids is 2. The van der Waals surface area contributed by atoms with E-state index < -0.39 is 11.8 Å². The van der Waals surface area contributed by atoms with Crippen LogP contribution in [-0.4, -0.2) is 44.8 Å². The third-order valence-electron chi connectivity index (χ3n) is 3.07. The molecule has 22 heavy (non-hydrogen) atoms. The van der Waals surface area contributed by atoms with Crippen molar-refractivity contribution in [3.63, 3.8) is 0 Å². The first-order valence-electron chi connectivity index (χ1n) is 6.97. The van der Waals surface area contributed by atoms with Crippen molar-refractivity contribution >= 4 is 17.8 Å². The molecule has 0 bridgehead atoms. The van der Waals surface area contributed by atoms with Gasteiger partial charge < -0.3 is 4.90 Å². The van der Waals surface area contributed by atoms with Gasteiger partial charge in [-0.05, 0) is 37.1 Å². The maximum Gasteiger partial charge on any atom is 0.316 e. The third kappa shape index (κ3) is 4.34. The minimum absolute atomic E-state index is 0.117. The van der Waals surface area contributed by atoms with Crippen LogP contribution in [-0.2, 0) is 16.0 Å². The van der Waals surface area contributed by atoms with Crippen molar-refractivity contribution in [2.75, 3.05) is 18.4 Å². The van der Waals surface area contributed by atoms with Gasteiger partial charge in [0.2, 0.25) is 5.95 Å². The Kier molecular flexibility index (Phi) is 5.53. The molecule has 2 rings (SSSR count). The Hall–Kier alpha value is -2.83. The minimum atomic E-state index is -0.734. The molecule has 0 atom stereocenters. The Balaban J connectivity index is 1.92. The summed E-state index contributed by atoms with van der Waals surface area (Å²) < 4.78 is 0. The van der Waals surface area contributed by atoms with Gasteiger partial charge in [0.15, 0.2) is 0 Å². The van der Waals surface area contributed by atoms with E-state index in [0.29, 0.717) is 19.5 Å². The van der Waals surface area contributed by atoms with E-state index in [1.165, 1.54) is 17.3 Å². The van der Waals surface area contributed by atoms with E-state index in [9.17, 15) is 9.59 Å². The van der Waals surface area contributed by atoms with Gasteiger partial charge in [0.1, 0.15) is 0 Å². The lowest BCUT2D eigenvalue weighted by Gasteiger charge is -2.19. The summed E-state index contributed by atoms with van der Waals surface area (Å²) in [6.07, 6.45) is 7.05. The van der Waals surface area contributed by atoms with Crippen molar-refractivity contribution in [1.29, 1.82) is 0 Å². The molecular formula is C15H17N5O2. The average molecular weight is 299 g/mol. The lowest BCUT2D eigenvalue weighted by molar-refractivity contribution is -0.143. The Labute approximate surface area is 128 Å². The smallest absolute Gasteiger partial charge is 0.316 e. The van der Waals surface area contributed by atoms with Gasteiger partial charge in [0, 0.05) is 37.9 Å². The SMILES string of the molecule is CCN(CCc1ccncc1)C(=O)C(=O)Nc1ncccn1. The Morgan fingerprint density at radius 1 is 1.14 bits per heavy atom. The van der Waals surface area contributed by atoms with Crippen LogP contribution in [0, 0.1) is 0 Å². The van der Waals surface area contributed by atoms with Crippen LogP contribution >= 0.6 is 0 Å². The van der Waals surface area contributed by atoms with Crippen LogP contribution in [0.15, 0.2) is 43.0 Å². The van der Waals surface area contributed by atoms with Gasteiger partial charge in [-0.25, -0.2) is 9.97 Å². The molecule has 0 aliphatic carbocycles. The van der Waals surface area contributed by atoms with E-state index in [2.05, 4.69) is 20.3 Å². The molecule has 0 aliphatic heterocycles. The van der Waals surface area contributed by atoms with Gasteiger partial charge in [-0.2, -0.15) is 0 Å². The van der Waals surface area contributed by atoms with Crippen LogP contribution in [0.4, 0.5) is 5.95 Å². The molecule has 1 N–H and O–H groups in total. The fourth-order valence-corrected chi connectivity index (χ4v) is 1.88. The summed E-state index contributed by atoms with van der Waals surface area (Å²) in [5, 5.41) is 2.39. The number of carbonyl (C=O) groups is 2. The molecule has 0 saturated carbocycles. The van der Waals surface area contributed by atoms with Crippen molar-refractivity contribution < 1.29 is 9.59 Å². The topological polar surface area (TPSA) is 88.1 Å². The zero-order valence-electron chi connectivity index (χ0n) is 12.3. The van der Waals surface area contributed by atoms with Gasteiger partial charge >= 0.3 is 11.8 Å². The fourth-order valence-electron chi connectivity index (χ4n) is 1.88. The van der Waals surface area contributed by atoms with Crippen molar-refractivity contribution in [2.45, 2.75) is 13.3 Å². The number of nitrogens with one attached hydrogen (secondary N) is 1. The Morgan fingerprint density at radius 3 is 2.45 bits per heavy atom. The second kappa shape index (κ2) is 7.82. The number of hydrogen-bond donors (Lipinski definition) is 1. The molecular weight excluding hydrogens is 282 g/mol. The Bertz CT molecular complexity index is 618. The first-order valence-corrected chi connectivity index (χ1v) is 6.97. The summed E-state index contributed by atoms with van der Waals surface area (Å²) in [7, 11) is 0. The second-order valence-electron chi connectivity index (χ2n) is 4.52. The van der Waals surface area contributed by atoms with E-state index in [1.807, 2.05) is 19.1 Å². The molecule has 2 aromatic rings. The Morgan fingerprint density at radius 2 is 1.82 bits per heavy atom. The molecule has 0 spiro atoms. The van der Waals surface area contributed by atoms with Gasteiger partial charge in [0.25, 0.3) is 0 Å². The van der Waals surface area contributed by atoms with Crippen LogP contribution in [0.2, 0.25) is 0 Å². The summed E-state index contributed by atoms with van der Waals surface area (Å²) in [4.78, 5) is 37.2. The number of anilines is 1. The largest absolute Gasteiger partial charge is 0.334 e. The molecule has 0 unspecified atom stereocenters. The van der Waals surface area contributed by atoms with Gasteiger partial charge in [-0.15, -0.1) is 0 Å². The van der Waals surface area contributed by atoms with Gasteiger partial charge in [-0.1, -0.05) is 0 Å². The van der Waals surface area contributed by atoms with Gasteiger partial charge in [0.05, 0.1) is 0 Å². The predicted octanol–water partition coefficient (Wildman–Crippen LogP) is 0.901. The highest BCUT2D eigenvalue weighted by Gasteiger charge is 2.21. The molecule has 0 saturated heterocycles. The number of nitrogens with zero attached hydrogens (tertiary/aromatic N) is 4. The fraction of sp³-hybridized carbons (Fsp3) is 0.267. The number of hydrogen-bond acceptors (Lipinski definition) is 5. The molecule has 2 heterocycles. The summed E-state index contributed by atoms with van der Waals surface area (Å²) in [6, 6.07) is 5.40. The van der Waals surface area contributed by atoms with Crippen molar-refractivity contribution in [3.05, 3.63) is 48.5 Å². The average Bonchev–Trinajstić information content (AvgIpc) is 2.57. The molecule has 2 aromatic heterocycles. The zero-order chi connectivity index (χ0) is 15.8. The molecule has 0 aromatic carbocycles. The van der Waals surface area contributed by atoms with Crippen LogP contribution in [0.25, 0.3) is 0 Å². The lowest BCUT2D eigenvalue weighted by Crippen LogP contribution is -2.41. The van der Waals surface area contributed by atoms with Crippen LogP contribution in [0.5, 0.6) is 0 Å². The van der Waals surface area contributed by atoms with E-state index in [1.54, 1.807) is 18.5 Å². The first-order chi connectivity index (χ1) is 10.7. The van der Waals surface area contributed by atoms with Crippen molar-refractivity contribution in [2.24, 2.45) is 0 Å². The summed E-state index contributed by atoms with van der Waals surface area (Å²) in [6.45, 7) is 2.74. The zero-order valence-corrected chi connectivity index (χ0v) is 12.3. The standard InChI is InChI=1S/C15H17N5O2/c1-2-20(11-6-12-4-9-16-10-5-12)14(22)13(21)19-15-17-7-3-8-18-15/h3-5,7-10H,2,6,11H2,1H3,(H,17,18,19,21). The maximum atomic E-state index is 12.1. The normalized spacial score (nSPS) is 10.0. The highest BCUT2D eigenvalue weighted by Crippen LogP contribution is 2.02. The van der Waals surface area contributed by atoms with Crippen LogP contribution in [0.3, 0.4) is 0 Å². The third-order valence-corrected chi connectivity index (χ3v) is 3.07. The lowest BCUT2D eigenvalue weighted by atomic mass is 10.2. The maximum absolute atomic E-state index is 12.1. The van der Waals surface area contributed by atoms with Crippen LogP contribution in [0.1, 0.15) is 12.5 Å². The molecule has 0 radical (unpaired) electrons. The second-order valence-corrected chi connectivity index (χ2v) is 4.52. The molecule has 7 heteroatoms. The van der Waals surface area contributed by atoms with Crippen LogP contribution < -0.4 is 5.32 Å². The number of aromatic nitrogens is 3. The highest BCUT2D eigenvalue weighted by atomic mass is 16.2. The van der Waals surface area contributed by atoms with Crippen molar-refractivity contribution in [3.8, 4) is 0 Å². The number of rotatable bonds is 5. The van der Waals surface area contributed by atoms with Gasteiger partial charge in [-0.3, -0.25) is 19.9 Å². The quantitative estimate of drug-likeness (QED) is 0.829. The number of likely N-dealkylation sites (N-methyl/N-ethyl adjacent to an activating group) is 1. The molecule has 2 amide bonds. The summed E-state index contributed by atoms with van der Waals surface area (Å²) >= 11 is 0. The highest BCUT2D eigenvalue weighted by molar-refractivity contribution is 6.39. The summed E-state index contributed by atoms with van der Waals surface area (Å²) in [5.74, 6) is -1.21. The molecule has 114 valence electrons. The van der Waals surface area contributed by atoms with E-state index >= 15 is 0 Å². The summed E-state index contributed by atoms with van der Waals surface area (Å²) in [5.41, 5.74) is 1.06. The first kappa shape index (κ1) is 15.6. The monoisotopic (exact) mass is 299 g/mol. The van der Waals surface area contributed by atoms with E-state index in [-0.39, 0.29) is 5.95 Å². The van der Waals surface area contributed by atoms with E-state index in [0.717, 1.165) is 5.56 Å². The molecule has 7 nitrogen and oxygen atoms in total. The van der Waals surface area contributed by atoms with Crippen molar-refractivity contribution in [1.82, 2.24) is 19.9 Å². The number of amides is 2. The number of pyridine rings is 1.